The first kappa shape index (κ1) is 19.2. The minimum absolute atomic E-state index is 0.0203. The Labute approximate surface area is 165 Å². The van der Waals surface area contributed by atoms with E-state index in [-0.39, 0.29) is 17.6 Å². The van der Waals surface area contributed by atoms with Crippen molar-refractivity contribution in [3.63, 3.8) is 0 Å². The van der Waals surface area contributed by atoms with E-state index in [4.69, 9.17) is 4.52 Å². The lowest BCUT2D eigenvalue weighted by molar-refractivity contribution is -0.137. The number of alkyl halides is 3. The van der Waals surface area contributed by atoms with E-state index in [9.17, 15) is 18.0 Å². The second-order valence-electron chi connectivity index (χ2n) is 7.06. The molecule has 0 N–H and O–H groups in total. The third kappa shape index (κ3) is 4.01. The first-order valence-corrected chi connectivity index (χ1v) is 9.21. The van der Waals surface area contributed by atoms with E-state index in [1.165, 1.54) is 6.07 Å². The summed E-state index contributed by atoms with van der Waals surface area (Å²) in [5.74, 6) is 0.0692. The molecule has 0 aliphatic heterocycles. The second-order valence-corrected chi connectivity index (χ2v) is 7.06. The molecule has 8 heteroatoms. The van der Waals surface area contributed by atoms with Gasteiger partial charge in [-0.3, -0.25) is 9.78 Å². The molecule has 1 atom stereocenters. The molecule has 1 amide bonds. The quantitative estimate of drug-likeness (QED) is 0.595. The number of amides is 1. The van der Waals surface area contributed by atoms with Crippen LogP contribution in [0.3, 0.4) is 0 Å². The molecular weight excluding hydrogens is 383 g/mol. The van der Waals surface area contributed by atoms with E-state index < -0.39 is 17.8 Å². The topological polar surface area (TPSA) is 59.2 Å². The van der Waals surface area contributed by atoms with Gasteiger partial charge in [0.25, 0.3) is 5.91 Å². The van der Waals surface area contributed by atoms with E-state index >= 15 is 0 Å². The number of rotatable bonds is 5. The van der Waals surface area contributed by atoms with Crippen molar-refractivity contribution in [2.75, 3.05) is 0 Å². The van der Waals surface area contributed by atoms with Gasteiger partial charge in [0.1, 0.15) is 0 Å². The third-order valence-electron chi connectivity index (χ3n) is 4.98. The Morgan fingerprint density at radius 2 is 1.90 bits per heavy atom. The predicted octanol–water partition coefficient (Wildman–Crippen LogP) is 5.12. The molecule has 1 unspecified atom stereocenters. The van der Waals surface area contributed by atoms with Gasteiger partial charge in [0.05, 0.1) is 11.6 Å². The zero-order chi connectivity index (χ0) is 20.6. The van der Waals surface area contributed by atoms with Gasteiger partial charge < -0.3 is 9.42 Å². The maximum absolute atomic E-state index is 13.1. The Bertz CT molecular complexity index is 1010. The average Bonchev–Trinajstić information content (AvgIpc) is 3.42. The number of hydrogen-bond donors (Lipinski definition) is 0. The lowest BCUT2D eigenvalue weighted by Crippen LogP contribution is -2.35. The zero-order valence-corrected chi connectivity index (χ0v) is 15.6. The SMILES string of the molecule is CC(c1cccc(C(F)(F)F)c1)N(C(=O)c1cc(-c2ccncc2)on1)C1CC1. The molecule has 1 aliphatic carbocycles. The molecule has 0 saturated heterocycles. The summed E-state index contributed by atoms with van der Waals surface area (Å²) in [5, 5.41) is 3.89. The molecule has 4 rings (SSSR count). The van der Waals surface area contributed by atoms with Gasteiger partial charge in [-0.05, 0) is 49.6 Å². The number of hydrogen-bond acceptors (Lipinski definition) is 4. The first-order valence-electron chi connectivity index (χ1n) is 9.21. The lowest BCUT2D eigenvalue weighted by Gasteiger charge is -2.29. The highest BCUT2D eigenvalue weighted by molar-refractivity contribution is 5.93. The second kappa shape index (κ2) is 7.35. The summed E-state index contributed by atoms with van der Waals surface area (Å²) >= 11 is 0. The van der Waals surface area contributed by atoms with Gasteiger partial charge in [0, 0.05) is 30.1 Å². The molecule has 150 valence electrons. The largest absolute Gasteiger partial charge is 0.416 e. The molecule has 1 aliphatic rings. The molecule has 0 bridgehead atoms. The summed E-state index contributed by atoms with van der Waals surface area (Å²) in [5.41, 5.74) is 0.558. The number of nitrogens with zero attached hydrogens (tertiary/aromatic N) is 3. The summed E-state index contributed by atoms with van der Waals surface area (Å²) < 4.78 is 44.5. The molecule has 5 nitrogen and oxygen atoms in total. The van der Waals surface area contributed by atoms with E-state index in [1.807, 2.05) is 0 Å². The normalized spacial score (nSPS) is 15.2. The molecule has 1 aromatic carbocycles. The molecule has 3 aromatic rings. The van der Waals surface area contributed by atoms with Crippen molar-refractivity contribution in [3.05, 3.63) is 71.7 Å². The van der Waals surface area contributed by atoms with Gasteiger partial charge in [-0.1, -0.05) is 17.3 Å². The summed E-state index contributed by atoms with van der Waals surface area (Å²) in [7, 11) is 0. The highest BCUT2D eigenvalue weighted by Gasteiger charge is 2.38. The fourth-order valence-corrected chi connectivity index (χ4v) is 3.31. The number of benzene rings is 1. The molecule has 1 fully saturated rings. The molecule has 2 heterocycles. The van der Waals surface area contributed by atoms with Gasteiger partial charge in [0.2, 0.25) is 0 Å². The minimum Gasteiger partial charge on any atom is -0.355 e. The number of carbonyl (C=O) groups excluding carboxylic acids is 1. The van der Waals surface area contributed by atoms with Crippen molar-refractivity contribution in [3.8, 4) is 11.3 Å². The fourth-order valence-electron chi connectivity index (χ4n) is 3.31. The monoisotopic (exact) mass is 401 g/mol. The molecular formula is C21H18F3N3O2. The van der Waals surface area contributed by atoms with E-state index in [2.05, 4.69) is 10.1 Å². The molecule has 29 heavy (non-hydrogen) atoms. The number of aromatic nitrogens is 2. The fraction of sp³-hybridized carbons (Fsp3) is 0.286. The van der Waals surface area contributed by atoms with Crippen LogP contribution >= 0.6 is 0 Å². The summed E-state index contributed by atoms with van der Waals surface area (Å²) in [6.07, 6.45) is 0.390. The first-order chi connectivity index (χ1) is 13.8. The van der Waals surface area contributed by atoms with Crippen LogP contribution in [0.4, 0.5) is 13.2 Å². The van der Waals surface area contributed by atoms with Gasteiger partial charge >= 0.3 is 6.18 Å². The van der Waals surface area contributed by atoms with Crippen LogP contribution in [0.2, 0.25) is 0 Å². The molecule has 0 spiro atoms. The molecule has 1 saturated carbocycles. The van der Waals surface area contributed by atoms with Crippen LogP contribution in [0.15, 0.2) is 59.4 Å². The molecule has 2 aromatic heterocycles. The smallest absolute Gasteiger partial charge is 0.355 e. The standard InChI is InChI=1S/C21H18F3N3O2/c1-13(15-3-2-4-16(11-15)21(22,23)24)27(17-5-6-17)20(28)18-12-19(29-26-18)14-7-9-25-10-8-14/h2-4,7-13,17H,5-6H2,1H3. The van der Waals surface area contributed by atoms with Crippen LogP contribution in [0, 0.1) is 0 Å². The minimum atomic E-state index is -4.43. The zero-order valence-electron chi connectivity index (χ0n) is 15.6. The highest BCUT2D eigenvalue weighted by atomic mass is 19.4. The van der Waals surface area contributed by atoms with Crippen LogP contribution in [0.25, 0.3) is 11.3 Å². The summed E-state index contributed by atoms with van der Waals surface area (Å²) in [6.45, 7) is 1.73. The van der Waals surface area contributed by atoms with Gasteiger partial charge in [-0.25, -0.2) is 0 Å². The van der Waals surface area contributed by atoms with Crippen LogP contribution in [0.1, 0.15) is 47.4 Å². The van der Waals surface area contributed by atoms with Crippen molar-refractivity contribution in [1.82, 2.24) is 15.0 Å². The van der Waals surface area contributed by atoms with Crippen LogP contribution in [-0.4, -0.2) is 27.0 Å². The van der Waals surface area contributed by atoms with Crippen LogP contribution in [0.5, 0.6) is 0 Å². The van der Waals surface area contributed by atoms with Crippen molar-refractivity contribution in [2.45, 2.75) is 38.0 Å². The predicted molar refractivity (Wildman–Crippen MR) is 98.8 cm³/mol. The van der Waals surface area contributed by atoms with Gasteiger partial charge in [-0.2, -0.15) is 13.2 Å². The van der Waals surface area contributed by atoms with E-state index in [0.29, 0.717) is 11.3 Å². The van der Waals surface area contributed by atoms with Crippen molar-refractivity contribution in [2.24, 2.45) is 0 Å². The van der Waals surface area contributed by atoms with Crippen molar-refractivity contribution in [1.29, 1.82) is 0 Å². The number of carbonyl (C=O) groups is 1. The Morgan fingerprint density at radius 3 is 2.55 bits per heavy atom. The Kier molecular flexibility index (Phi) is 4.86. The summed E-state index contributed by atoms with van der Waals surface area (Å²) in [4.78, 5) is 18.7. The third-order valence-corrected chi connectivity index (χ3v) is 4.98. The Balaban J connectivity index is 1.61. The van der Waals surface area contributed by atoms with E-state index in [0.717, 1.165) is 30.5 Å². The van der Waals surface area contributed by atoms with Crippen molar-refractivity contribution >= 4 is 5.91 Å². The van der Waals surface area contributed by atoms with Crippen LogP contribution < -0.4 is 0 Å². The maximum Gasteiger partial charge on any atom is 0.416 e. The highest BCUT2D eigenvalue weighted by Crippen LogP contribution is 2.37. The Hall–Kier alpha value is -3.16. The van der Waals surface area contributed by atoms with E-state index in [1.54, 1.807) is 48.5 Å². The number of pyridine rings is 1. The number of halogens is 3. The van der Waals surface area contributed by atoms with Crippen LogP contribution in [-0.2, 0) is 6.18 Å². The van der Waals surface area contributed by atoms with Gasteiger partial charge in [0.15, 0.2) is 11.5 Å². The average molecular weight is 401 g/mol. The van der Waals surface area contributed by atoms with Gasteiger partial charge in [-0.15, -0.1) is 0 Å². The molecule has 0 radical (unpaired) electrons. The lowest BCUT2D eigenvalue weighted by atomic mass is 10.0. The Morgan fingerprint density at radius 1 is 1.17 bits per heavy atom. The summed E-state index contributed by atoms with van der Waals surface area (Å²) in [6, 6.07) is 9.56. The maximum atomic E-state index is 13.1. The van der Waals surface area contributed by atoms with Crippen molar-refractivity contribution < 1.29 is 22.5 Å².